The number of fused-ring (bicyclic) bond motifs is 1. The van der Waals surface area contributed by atoms with Crippen molar-refractivity contribution in [2.75, 3.05) is 52.4 Å². The van der Waals surface area contributed by atoms with Crippen molar-refractivity contribution in [2.24, 2.45) is 5.73 Å². The number of carbonyl (C=O) groups excluding carboxylic acids is 3. The van der Waals surface area contributed by atoms with E-state index in [0.717, 1.165) is 5.69 Å². The summed E-state index contributed by atoms with van der Waals surface area (Å²) in [6.07, 6.45) is 0.363. The summed E-state index contributed by atoms with van der Waals surface area (Å²) in [4.78, 5) is 43.8. The number of ether oxygens (including phenoxy) is 3. The molecule has 1 aliphatic rings. The standard InChI is InChI=1S/C26H36N8O6/c1-5-34-20(11-16(2)31-34)24(36)30-25-29-19-12-17(23(27)35)13-21(38-4)22(19)33(25)8-6-7-28-26(37)32(3)14-18-15-39-9-10-40-18/h11-13,18H,5-10,14-15H2,1-4H3,(H2,27,35)(H,28,37)(H,29,30,36). The van der Waals surface area contributed by atoms with Crippen molar-refractivity contribution in [3.05, 3.63) is 35.2 Å². The number of benzene rings is 1. The second-order valence-electron chi connectivity index (χ2n) is 9.47. The Balaban J connectivity index is 1.52. The van der Waals surface area contributed by atoms with Crippen LogP contribution in [0.15, 0.2) is 18.2 Å². The maximum absolute atomic E-state index is 13.2. The lowest BCUT2D eigenvalue weighted by Crippen LogP contribution is -2.45. The van der Waals surface area contributed by atoms with E-state index in [9.17, 15) is 14.4 Å². The Morgan fingerprint density at radius 1 is 1.25 bits per heavy atom. The summed E-state index contributed by atoms with van der Waals surface area (Å²) in [7, 11) is 3.18. The monoisotopic (exact) mass is 556 g/mol. The minimum atomic E-state index is -0.625. The van der Waals surface area contributed by atoms with E-state index in [1.54, 1.807) is 33.3 Å². The number of primary amides is 1. The fourth-order valence-electron chi connectivity index (χ4n) is 4.57. The molecule has 14 heteroatoms. The highest BCUT2D eigenvalue weighted by molar-refractivity contribution is 6.04. The molecule has 2 aromatic heterocycles. The number of rotatable bonds is 11. The van der Waals surface area contributed by atoms with Gasteiger partial charge in [0.2, 0.25) is 11.9 Å². The first-order chi connectivity index (χ1) is 19.2. The number of nitrogens with zero attached hydrogens (tertiary/aromatic N) is 5. The van der Waals surface area contributed by atoms with Crippen molar-refractivity contribution in [1.82, 2.24) is 29.5 Å². The molecule has 3 aromatic rings. The van der Waals surface area contributed by atoms with E-state index in [1.165, 1.54) is 13.2 Å². The molecule has 1 aliphatic heterocycles. The van der Waals surface area contributed by atoms with E-state index in [2.05, 4.69) is 20.7 Å². The van der Waals surface area contributed by atoms with Crippen LogP contribution in [0.3, 0.4) is 0 Å². The smallest absolute Gasteiger partial charge is 0.317 e. The molecule has 0 radical (unpaired) electrons. The molecule has 1 saturated heterocycles. The number of hydrogen-bond donors (Lipinski definition) is 3. The molecule has 1 atom stereocenters. The van der Waals surface area contributed by atoms with Gasteiger partial charge in [0.1, 0.15) is 17.0 Å². The van der Waals surface area contributed by atoms with Crippen LogP contribution in [0, 0.1) is 6.92 Å². The Hall–Kier alpha value is -4.17. The lowest BCUT2D eigenvalue weighted by atomic mass is 10.1. The van der Waals surface area contributed by atoms with E-state index in [1.807, 2.05) is 13.8 Å². The third kappa shape index (κ3) is 6.51. The van der Waals surface area contributed by atoms with Gasteiger partial charge in [-0.3, -0.25) is 19.6 Å². The van der Waals surface area contributed by atoms with Gasteiger partial charge in [-0.15, -0.1) is 0 Å². The highest BCUT2D eigenvalue weighted by Gasteiger charge is 2.22. The maximum atomic E-state index is 13.2. The van der Waals surface area contributed by atoms with Crippen LogP contribution in [0.5, 0.6) is 5.75 Å². The number of anilines is 1. The van der Waals surface area contributed by atoms with Crippen molar-refractivity contribution >= 4 is 34.8 Å². The summed E-state index contributed by atoms with van der Waals surface area (Å²) >= 11 is 0. The molecule has 0 saturated carbocycles. The second kappa shape index (κ2) is 12.8. The summed E-state index contributed by atoms with van der Waals surface area (Å²) in [5, 5.41) is 10.1. The lowest BCUT2D eigenvalue weighted by Gasteiger charge is -2.27. The summed E-state index contributed by atoms with van der Waals surface area (Å²) < 4.78 is 20.0. The number of aryl methyl sites for hydroxylation is 3. The van der Waals surface area contributed by atoms with Crippen LogP contribution in [0.4, 0.5) is 10.7 Å². The van der Waals surface area contributed by atoms with Gasteiger partial charge in [-0.05, 0) is 38.5 Å². The number of methoxy groups -OCH3 is 1. The first-order valence-electron chi connectivity index (χ1n) is 13.1. The largest absolute Gasteiger partial charge is 0.494 e. The molecule has 216 valence electrons. The molecule has 4 rings (SSSR count). The average Bonchev–Trinajstić information content (AvgIpc) is 3.50. The minimum absolute atomic E-state index is 0.154. The SMILES string of the molecule is CCn1nc(C)cc1C(=O)Nc1nc2cc(C(N)=O)cc(OC)c2n1CCCNC(=O)N(C)CC1COCCO1. The van der Waals surface area contributed by atoms with Gasteiger partial charge < -0.3 is 34.7 Å². The number of amides is 4. The van der Waals surface area contributed by atoms with Gasteiger partial charge in [-0.25, -0.2) is 9.78 Å². The summed E-state index contributed by atoms with van der Waals surface area (Å²) in [6, 6.07) is 4.57. The van der Waals surface area contributed by atoms with E-state index in [4.69, 9.17) is 19.9 Å². The van der Waals surface area contributed by atoms with Gasteiger partial charge in [-0.2, -0.15) is 5.10 Å². The van der Waals surface area contributed by atoms with Crippen molar-refractivity contribution in [2.45, 2.75) is 39.5 Å². The van der Waals surface area contributed by atoms with Crippen LogP contribution >= 0.6 is 0 Å². The van der Waals surface area contributed by atoms with E-state index >= 15 is 0 Å². The molecule has 3 heterocycles. The summed E-state index contributed by atoms with van der Waals surface area (Å²) in [5.74, 6) is -0.358. The number of hydrogen-bond acceptors (Lipinski definition) is 8. The van der Waals surface area contributed by atoms with Crippen molar-refractivity contribution in [3.8, 4) is 5.75 Å². The fraction of sp³-hybridized carbons (Fsp3) is 0.500. The Labute approximate surface area is 231 Å². The number of urea groups is 1. The molecule has 1 aromatic carbocycles. The topological polar surface area (TPSA) is 168 Å². The van der Waals surface area contributed by atoms with Gasteiger partial charge in [-0.1, -0.05) is 0 Å². The Bertz CT molecular complexity index is 1380. The first-order valence-corrected chi connectivity index (χ1v) is 13.1. The van der Waals surface area contributed by atoms with Crippen molar-refractivity contribution in [3.63, 3.8) is 0 Å². The van der Waals surface area contributed by atoms with E-state index in [-0.39, 0.29) is 29.6 Å². The van der Waals surface area contributed by atoms with Gasteiger partial charge in [0.15, 0.2) is 0 Å². The normalized spacial score (nSPS) is 15.2. The molecule has 4 N–H and O–H groups in total. The number of nitrogens with one attached hydrogen (secondary N) is 2. The average molecular weight is 557 g/mol. The highest BCUT2D eigenvalue weighted by atomic mass is 16.6. The van der Waals surface area contributed by atoms with Gasteiger partial charge in [0, 0.05) is 32.2 Å². The molecule has 0 bridgehead atoms. The molecule has 1 fully saturated rings. The summed E-state index contributed by atoms with van der Waals surface area (Å²) in [6.45, 7) is 6.94. The van der Waals surface area contributed by atoms with Crippen LogP contribution < -0.4 is 21.1 Å². The third-order valence-corrected chi connectivity index (χ3v) is 6.51. The van der Waals surface area contributed by atoms with Crippen LogP contribution in [-0.4, -0.2) is 95.2 Å². The Morgan fingerprint density at radius 3 is 2.73 bits per heavy atom. The Morgan fingerprint density at radius 2 is 2.05 bits per heavy atom. The molecule has 1 unspecified atom stereocenters. The third-order valence-electron chi connectivity index (χ3n) is 6.51. The van der Waals surface area contributed by atoms with Crippen LogP contribution in [0.25, 0.3) is 11.0 Å². The molecule has 0 spiro atoms. The second-order valence-corrected chi connectivity index (χ2v) is 9.47. The fourth-order valence-corrected chi connectivity index (χ4v) is 4.57. The number of likely N-dealkylation sites (N-methyl/N-ethyl adjacent to an activating group) is 1. The van der Waals surface area contributed by atoms with Gasteiger partial charge >= 0.3 is 6.03 Å². The van der Waals surface area contributed by atoms with Crippen LogP contribution in [0.2, 0.25) is 0 Å². The maximum Gasteiger partial charge on any atom is 0.317 e. The molecular formula is C26H36N8O6. The van der Waals surface area contributed by atoms with Crippen LogP contribution in [0.1, 0.15) is 39.9 Å². The zero-order valence-corrected chi connectivity index (χ0v) is 23.2. The minimum Gasteiger partial charge on any atom is -0.494 e. The predicted octanol–water partition coefficient (Wildman–Crippen LogP) is 1.37. The Kier molecular flexibility index (Phi) is 9.22. The molecule has 14 nitrogen and oxygen atoms in total. The zero-order chi connectivity index (χ0) is 28.8. The number of imidazole rings is 1. The molecule has 4 amide bonds. The zero-order valence-electron chi connectivity index (χ0n) is 23.2. The van der Waals surface area contributed by atoms with Gasteiger partial charge in [0.25, 0.3) is 5.91 Å². The highest BCUT2D eigenvalue weighted by Crippen LogP contribution is 2.31. The number of carbonyl (C=O) groups is 3. The quantitative estimate of drug-likeness (QED) is 0.298. The predicted molar refractivity (Wildman–Crippen MR) is 147 cm³/mol. The summed E-state index contributed by atoms with van der Waals surface area (Å²) in [5.41, 5.74) is 7.87. The first kappa shape index (κ1) is 28.8. The van der Waals surface area contributed by atoms with Gasteiger partial charge in [0.05, 0.1) is 50.8 Å². The van der Waals surface area contributed by atoms with Crippen LogP contribution in [-0.2, 0) is 22.6 Å². The molecular weight excluding hydrogens is 520 g/mol. The molecule has 0 aliphatic carbocycles. The molecule has 40 heavy (non-hydrogen) atoms. The number of aromatic nitrogens is 4. The van der Waals surface area contributed by atoms with Crippen molar-refractivity contribution < 1.29 is 28.6 Å². The van der Waals surface area contributed by atoms with E-state index in [0.29, 0.717) is 74.9 Å². The number of nitrogens with two attached hydrogens (primary N) is 1. The van der Waals surface area contributed by atoms with Crippen molar-refractivity contribution in [1.29, 1.82) is 0 Å². The van der Waals surface area contributed by atoms with E-state index < -0.39 is 5.91 Å². The lowest BCUT2D eigenvalue weighted by molar-refractivity contribution is -0.0928.